The molecule has 0 bridgehead atoms. The van der Waals surface area contributed by atoms with E-state index in [0.717, 1.165) is 32.7 Å². The second-order valence-corrected chi connectivity index (χ2v) is 4.60. The molecule has 96 valence electrons. The molecule has 0 aliphatic rings. The number of likely N-dealkylation sites (N-methyl/N-ethyl adjacent to an activating group) is 1. The molecule has 0 aliphatic heterocycles. The minimum absolute atomic E-state index is 0.249. The number of carboxylic acid groups (broad SMARTS) is 1. The molecule has 0 aromatic heterocycles. The van der Waals surface area contributed by atoms with Crippen molar-refractivity contribution in [2.45, 2.75) is 33.1 Å². The van der Waals surface area contributed by atoms with Crippen molar-refractivity contribution in [1.82, 2.24) is 4.90 Å². The number of ether oxygens (including phenoxy) is 1. The lowest BCUT2D eigenvalue weighted by molar-refractivity contribution is -0.137. The smallest absolute Gasteiger partial charge is 0.303 e. The molecule has 0 atom stereocenters. The van der Waals surface area contributed by atoms with Gasteiger partial charge in [-0.2, -0.15) is 0 Å². The summed E-state index contributed by atoms with van der Waals surface area (Å²) in [6.45, 7) is 7.61. The van der Waals surface area contributed by atoms with E-state index in [-0.39, 0.29) is 6.42 Å². The van der Waals surface area contributed by atoms with Crippen LogP contribution in [0.4, 0.5) is 0 Å². The molecule has 4 nitrogen and oxygen atoms in total. The Labute approximate surface area is 98.6 Å². The monoisotopic (exact) mass is 231 g/mol. The summed E-state index contributed by atoms with van der Waals surface area (Å²) in [7, 11) is 1.99. The van der Waals surface area contributed by atoms with Crippen LogP contribution in [-0.4, -0.2) is 49.3 Å². The molecule has 0 aromatic rings. The molecule has 0 fully saturated rings. The number of hydrogen-bond acceptors (Lipinski definition) is 3. The maximum atomic E-state index is 10.3. The Kier molecular flexibility index (Phi) is 9.24. The lowest BCUT2D eigenvalue weighted by Crippen LogP contribution is -2.25. The highest BCUT2D eigenvalue weighted by atomic mass is 16.5. The molecule has 0 aliphatic carbocycles. The van der Waals surface area contributed by atoms with Crippen LogP contribution in [0.1, 0.15) is 33.1 Å². The number of aliphatic carboxylic acids is 1. The van der Waals surface area contributed by atoms with E-state index in [1.54, 1.807) is 0 Å². The lowest BCUT2D eigenvalue weighted by atomic mass is 10.1. The van der Waals surface area contributed by atoms with E-state index in [0.29, 0.717) is 12.3 Å². The molecular formula is C12H25NO3. The average molecular weight is 231 g/mol. The summed E-state index contributed by atoms with van der Waals surface area (Å²) in [6.07, 6.45) is 2.05. The van der Waals surface area contributed by atoms with Crippen molar-refractivity contribution < 1.29 is 14.6 Å². The highest BCUT2D eigenvalue weighted by Gasteiger charge is 2.01. The molecule has 0 saturated carbocycles. The second-order valence-electron chi connectivity index (χ2n) is 4.60. The van der Waals surface area contributed by atoms with Gasteiger partial charge in [0.1, 0.15) is 0 Å². The van der Waals surface area contributed by atoms with Crippen LogP contribution in [0, 0.1) is 5.92 Å². The minimum Gasteiger partial charge on any atom is -0.481 e. The van der Waals surface area contributed by atoms with E-state index in [2.05, 4.69) is 18.7 Å². The fourth-order valence-corrected chi connectivity index (χ4v) is 1.25. The normalized spacial score (nSPS) is 11.3. The van der Waals surface area contributed by atoms with Gasteiger partial charge in [0.05, 0.1) is 6.61 Å². The highest BCUT2D eigenvalue weighted by molar-refractivity contribution is 5.66. The molecule has 0 saturated heterocycles. The molecule has 0 spiro atoms. The summed E-state index contributed by atoms with van der Waals surface area (Å²) >= 11 is 0. The third-order valence-corrected chi connectivity index (χ3v) is 2.39. The fourth-order valence-electron chi connectivity index (χ4n) is 1.25. The third-order valence-electron chi connectivity index (χ3n) is 2.39. The van der Waals surface area contributed by atoms with E-state index < -0.39 is 5.97 Å². The number of rotatable bonds is 10. The lowest BCUT2D eigenvalue weighted by Gasteiger charge is -2.16. The first kappa shape index (κ1) is 15.4. The zero-order chi connectivity index (χ0) is 12.4. The highest BCUT2D eigenvalue weighted by Crippen LogP contribution is 1.99. The van der Waals surface area contributed by atoms with Crippen LogP contribution in [0.2, 0.25) is 0 Å². The SMILES string of the molecule is CC(C)CCOCCN(C)CCCC(=O)O. The van der Waals surface area contributed by atoms with Crippen LogP contribution in [0.3, 0.4) is 0 Å². The summed E-state index contributed by atoms with van der Waals surface area (Å²) in [6, 6.07) is 0. The van der Waals surface area contributed by atoms with Crippen molar-refractivity contribution in [2.75, 3.05) is 33.4 Å². The summed E-state index contributed by atoms with van der Waals surface area (Å²) in [5, 5.41) is 8.48. The third kappa shape index (κ3) is 11.5. The van der Waals surface area contributed by atoms with E-state index in [4.69, 9.17) is 9.84 Å². The molecule has 1 N–H and O–H groups in total. The molecule has 0 rings (SSSR count). The Morgan fingerprint density at radius 2 is 2.00 bits per heavy atom. The molecular weight excluding hydrogens is 206 g/mol. The number of nitrogens with zero attached hydrogens (tertiary/aromatic N) is 1. The van der Waals surface area contributed by atoms with Gasteiger partial charge in [0, 0.05) is 19.6 Å². The Balaban J connectivity index is 3.23. The summed E-state index contributed by atoms with van der Waals surface area (Å²) < 4.78 is 5.48. The zero-order valence-corrected chi connectivity index (χ0v) is 10.7. The quantitative estimate of drug-likeness (QED) is 0.583. The largest absolute Gasteiger partial charge is 0.481 e. The summed E-state index contributed by atoms with van der Waals surface area (Å²) in [5.41, 5.74) is 0. The van der Waals surface area contributed by atoms with Crippen molar-refractivity contribution in [1.29, 1.82) is 0 Å². The van der Waals surface area contributed by atoms with Gasteiger partial charge in [0.25, 0.3) is 0 Å². The Morgan fingerprint density at radius 3 is 2.56 bits per heavy atom. The maximum absolute atomic E-state index is 10.3. The molecule has 4 heteroatoms. The van der Waals surface area contributed by atoms with E-state index in [1.807, 2.05) is 7.05 Å². The summed E-state index contributed by atoms with van der Waals surface area (Å²) in [4.78, 5) is 12.4. The first-order valence-corrected chi connectivity index (χ1v) is 6.00. The molecule has 16 heavy (non-hydrogen) atoms. The van der Waals surface area contributed by atoms with Gasteiger partial charge in [-0.3, -0.25) is 4.79 Å². The van der Waals surface area contributed by atoms with Gasteiger partial charge in [-0.25, -0.2) is 0 Å². The van der Waals surface area contributed by atoms with Gasteiger partial charge in [-0.15, -0.1) is 0 Å². The number of carbonyl (C=O) groups is 1. The van der Waals surface area contributed by atoms with Gasteiger partial charge >= 0.3 is 5.97 Å². The van der Waals surface area contributed by atoms with Gasteiger partial charge in [-0.05, 0) is 32.4 Å². The van der Waals surface area contributed by atoms with Crippen molar-refractivity contribution in [3.05, 3.63) is 0 Å². The van der Waals surface area contributed by atoms with Crippen molar-refractivity contribution in [3.63, 3.8) is 0 Å². The van der Waals surface area contributed by atoms with Crippen LogP contribution < -0.4 is 0 Å². The standard InChI is InChI=1S/C12H25NO3/c1-11(2)6-9-16-10-8-13(3)7-4-5-12(14)15/h11H,4-10H2,1-3H3,(H,14,15). The summed E-state index contributed by atoms with van der Waals surface area (Å²) in [5.74, 6) is -0.0325. The van der Waals surface area contributed by atoms with Gasteiger partial charge in [0.15, 0.2) is 0 Å². The molecule has 0 aromatic carbocycles. The number of hydrogen-bond donors (Lipinski definition) is 1. The Hall–Kier alpha value is -0.610. The van der Waals surface area contributed by atoms with Crippen LogP contribution in [-0.2, 0) is 9.53 Å². The Bertz CT molecular complexity index is 183. The predicted molar refractivity (Wildman–Crippen MR) is 64.6 cm³/mol. The van der Waals surface area contributed by atoms with Crippen molar-refractivity contribution in [2.24, 2.45) is 5.92 Å². The predicted octanol–water partition coefficient (Wildman–Crippen LogP) is 1.85. The van der Waals surface area contributed by atoms with Gasteiger partial charge in [0.2, 0.25) is 0 Å². The van der Waals surface area contributed by atoms with E-state index in [9.17, 15) is 4.79 Å². The molecule has 0 unspecified atom stereocenters. The maximum Gasteiger partial charge on any atom is 0.303 e. The van der Waals surface area contributed by atoms with E-state index >= 15 is 0 Å². The molecule has 0 radical (unpaired) electrons. The van der Waals surface area contributed by atoms with E-state index in [1.165, 1.54) is 0 Å². The topological polar surface area (TPSA) is 49.8 Å². The fraction of sp³-hybridized carbons (Fsp3) is 0.917. The van der Waals surface area contributed by atoms with Crippen molar-refractivity contribution in [3.8, 4) is 0 Å². The van der Waals surface area contributed by atoms with Crippen LogP contribution >= 0.6 is 0 Å². The zero-order valence-electron chi connectivity index (χ0n) is 10.7. The van der Waals surface area contributed by atoms with Crippen LogP contribution in [0.25, 0.3) is 0 Å². The van der Waals surface area contributed by atoms with Crippen LogP contribution in [0.5, 0.6) is 0 Å². The van der Waals surface area contributed by atoms with Crippen LogP contribution in [0.15, 0.2) is 0 Å². The van der Waals surface area contributed by atoms with Gasteiger partial charge < -0.3 is 14.7 Å². The molecule has 0 heterocycles. The van der Waals surface area contributed by atoms with Crippen molar-refractivity contribution >= 4 is 5.97 Å². The Morgan fingerprint density at radius 1 is 1.31 bits per heavy atom. The van der Waals surface area contributed by atoms with Gasteiger partial charge in [-0.1, -0.05) is 13.8 Å². The molecule has 0 amide bonds. The average Bonchev–Trinajstić information content (AvgIpc) is 2.16. The first-order chi connectivity index (χ1) is 7.52. The second kappa shape index (κ2) is 9.60. The first-order valence-electron chi connectivity index (χ1n) is 6.00. The minimum atomic E-state index is -0.721. The number of carboxylic acids is 1.